The molecule has 0 atom stereocenters. The predicted molar refractivity (Wildman–Crippen MR) is 94.1 cm³/mol. The van der Waals surface area contributed by atoms with E-state index in [0.29, 0.717) is 61.1 Å². The normalized spacial score (nSPS) is 14.8. The molecule has 4 heterocycles. The van der Waals surface area contributed by atoms with E-state index < -0.39 is 0 Å². The average Bonchev–Trinajstić information content (AvgIpc) is 3.28. The Labute approximate surface area is 150 Å². The summed E-state index contributed by atoms with van der Waals surface area (Å²) < 4.78 is 16.5. The van der Waals surface area contributed by atoms with Gasteiger partial charge in [0, 0.05) is 20.1 Å². The largest absolute Gasteiger partial charge is 0.467 e. The second-order valence-electron chi connectivity index (χ2n) is 6.25. The molecule has 1 aliphatic heterocycles. The van der Waals surface area contributed by atoms with Crippen LogP contribution in [0.2, 0.25) is 0 Å². The summed E-state index contributed by atoms with van der Waals surface area (Å²) in [5.74, 6) is 1.81. The number of aromatic nitrogens is 2. The van der Waals surface area contributed by atoms with Gasteiger partial charge >= 0.3 is 0 Å². The monoisotopic (exact) mass is 356 g/mol. The third-order valence-corrected chi connectivity index (χ3v) is 4.49. The van der Waals surface area contributed by atoms with Crippen molar-refractivity contribution in [2.45, 2.75) is 13.5 Å². The Morgan fingerprint density at radius 1 is 1.31 bits per heavy atom. The molecule has 136 valence electrons. The second-order valence-corrected chi connectivity index (χ2v) is 6.25. The van der Waals surface area contributed by atoms with Crippen molar-refractivity contribution in [2.75, 3.05) is 38.3 Å². The van der Waals surface area contributed by atoms with Gasteiger partial charge in [-0.25, -0.2) is 9.97 Å². The minimum absolute atomic E-state index is 0.151. The summed E-state index contributed by atoms with van der Waals surface area (Å²) in [6.45, 7) is 4.84. The van der Waals surface area contributed by atoms with Crippen LogP contribution in [-0.2, 0) is 11.3 Å². The van der Waals surface area contributed by atoms with Crippen LogP contribution in [0.3, 0.4) is 0 Å². The lowest BCUT2D eigenvalue weighted by Gasteiger charge is -2.28. The van der Waals surface area contributed by atoms with Gasteiger partial charge in [-0.15, -0.1) is 0 Å². The molecule has 0 saturated carbocycles. The first-order valence-electron chi connectivity index (χ1n) is 8.50. The van der Waals surface area contributed by atoms with Gasteiger partial charge in [-0.1, -0.05) is 0 Å². The number of hydrogen-bond donors (Lipinski definition) is 0. The van der Waals surface area contributed by atoms with E-state index in [4.69, 9.17) is 13.6 Å². The van der Waals surface area contributed by atoms with Crippen molar-refractivity contribution in [2.24, 2.45) is 0 Å². The van der Waals surface area contributed by atoms with Crippen LogP contribution in [0.4, 0.5) is 5.82 Å². The van der Waals surface area contributed by atoms with Gasteiger partial charge in [0.2, 0.25) is 5.71 Å². The molecule has 4 rings (SSSR count). The van der Waals surface area contributed by atoms with Gasteiger partial charge in [0.05, 0.1) is 37.0 Å². The first kappa shape index (κ1) is 16.6. The third-order valence-electron chi connectivity index (χ3n) is 4.49. The molecule has 0 aliphatic carbocycles. The maximum absolute atomic E-state index is 13.1. The number of morpholine rings is 1. The number of furan rings is 2. The highest BCUT2D eigenvalue weighted by atomic mass is 16.5. The molecule has 1 saturated heterocycles. The quantitative estimate of drug-likeness (QED) is 0.709. The average molecular weight is 356 g/mol. The van der Waals surface area contributed by atoms with Gasteiger partial charge in [0.25, 0.3) is 5.91 Å². The molecule has 1 aliphatic rings. The van der Waals surface area contributed by atoms with E-state index in [1.165, 1.54) is 6.33 Å². The molecule has 8 heteroatoms. The van der Waals surface area contributed by atoms with Crippen molar-refractivity contribution in [1.82, 2.24) is 14.9 Å². The summed E-state index contributed by atoms with van der Waals surface area (Å²) in [6, 6.07) is 3.64. The number of anilines is 1. The van der Waals surface area contributed by atoms with Crippen LogP contribution in [0.25, 0.3) is 11.1 Å². The number of aryl methyl sites for hydroxylation is 1. The molecule has 3 aromatic heterocycles. The van der Waals surface area contributed by atoms with Crippen LogP contribution in [0.1, 0.15) is 21.9 Å². The first-order valence-corrected chi connectivity index (χ1v) is 8.50. The molecule has 1 amide bonds. The Hall–Kier alpha value is -2.87. The third kappa shape index (κ3) is 2.92. The van der Waals surface area contributed by atoms with Crippen LogP contribution in [0.15, 0.2) is 33.6 Å². The first-order chi connectivity index (χ1) is 12.6. The Bertz CT molecular complexity index is 913. The molecule has 0 spiro atoms. The van der Waals surface area contributed by atoms with Crippen LogP contribution >= 0.6 is 0 Å². The summed E-state index contributed by atoms with van der Waals surface area (Å²) in [7, 11) is 1.74. The van der Waals surface area contributed by atoms with E-state index >= 15 is 0 Å². The number of nitrogens with zero attached hydrogens (tertiary/aromatic N) is 4. The lowest BCUT2D eigenvalue weighted by Crippen LogP contribution is -2.37. The van der Waals surface area contributed by atoms with Crippen LogP contribution in [0.5, 0.6) is 0 Å². The maximum atomic E-state index is 13.1. The van der Waals surface area contributed by atoms with Gasteiger partial charge in [0.1, 0.15) is 23.7 Å². The SMILES string of the molecule is Cc1oc2ncnc(N3CCOCC3)c2c1C(=O)N(C)Cc1ccco1. The van der Waals surface area contributed by atoms with Crippen LogP contribution < -0.4 is 4.90 Å². The van der Waals surface area contributed by atoms with Crippen molar-refractivity contribution < 1.29 is 18.4 Å². The minimum Gasteiger partial charge on any atom is -0.467 e. The van der Waals surface area contributed by atoms with E-state index in [2.05, 4.69) is 14.9 Å². The zero-order chi connectivity index (χ0) is 18.1. The molecular weight excluding hydrogens is 336 g/mol. The topological polar surface area (TPSA) is 84.8 Å². The fraction of sp³-hybridized carbons (Fsp3) is 0.389. The molecule has 8 nitrogen and oxygen atoms in total. The Morgan fingerprint density at radius 2 is 2.12 bits per heavy atom. The van der Waals surface area contributed by atoms with Crippen molar-refractivity contribution in [3.63, 3.8) is 0 Å². The summed E-state index contributed by atoms with van der Waals surface area (Å²) in [4.78, 5) is 25.5. The number of ether oxygens (including phenoxy) is 1. The van der Waals surface area contributed by atoms with Crippen molar-refractivity contribution in [1.29, 1.82) is 0 Å². The van der Waals surface area contributed by atoms with Crippen molar-refractivity contribution in [3.05, 3.63) is 41.8 Å². The lowest BCUT2D eigenvalue weighted by molar-refractivity contribution is 0.0775. The van der Waals surface area contributed by atoms with E-state index in [1.807, 2.05) is 6.07 Å². The highest BCUT2D eigenvalue weighted by molar-refractivity contribution is 6.10. The van der Waals surface area contributed by atoms with E-state index in [-0.39, 0.29) is 5.91 Å². The minimum atomic E-state index is -0.151. The number of carbonyl (C=O) groups is 1. The standard InChI is InChI=1S/C18H20N4O4/c1-12-14(18(23)21(2)10-13-4-3-7-25-13)15-16(19-11-20-17(15)26-12)22-5-8-24-9-6-22/h3-4,7,11H,5-6,8-10H2,1-2H3. The lowest BCUT2D eigenvalue weighted by atomic mass is 10.1. The maximum Gasteiger partial charge on any atom is 0.258 e. The van der Waals surface area contributed by atoms with E-state index in [9.17, 15) is 4.79 Å². The summed E-state index contributed by atoms with van der Waals surface area (Å²) in [6.07, 6.45) is 3.06. The van der Waals surface area contributed by atoms with Crippen molar-refractivity contribution in [3.8, 4) is 0 Å². The second kappa shape index (κ2) is 6.80. The zero-order valence-electron chi connectivity index (χ0n) is 14.8. The molecule has 0 bridgehead atoms. The van der Waals surface area contributed by atoms with Crippen molar-refractivity contribution >= 4 is 22.8 Å². The summed E-state index contributed by atoms with van der Waals surface area (Å²) in [5.41, 5.74) is 0.921. The number of fused-ring (bicyclic) bond motifs is 1. The molecule has 0 aromatic carbocycles. The van der Waals surface area contributed by atoms with Gasteiger partial charge in [-0.3, -0.25) is 4.79 Å². The molecule has 0 unspecified atom stereocenters. The van der Waals surface area contributed by atoms with Crippen LogP contribution in [-0.4, -0.2) is 54.1 Å². The van der Waals surface area contributed by atoms with Gasteiger partial charge in [0.15, 0.2) is 0 Å². The van der Waals surface area contributed by atoms with E-state index in [0.717, 1.165) is 5.76 Å². The van der Waals surface area contributed by atoms with Crippen LogP contribution in [0, 0.1) is 6.92 Å². The molecular formula is C18H20N4O4. The highest BCUT2D eigenvalue weighted by Crippen LogP contribution is 2.32. The fourth-order valence-electron chi connectivity index (χ4n) is 3.20. The molecule has 0 radical (unpaired) electrons. The highest BCUT2D eigenvalue weighted by Gasteiger charge is 2.27. The number of amides is 1. The van der Waals surface area contributed by atoms with Gasteiger partial charge < -0.3 is 23.4 Å². The smallest absolute Gasteiger partial charge is 0.258 e. The van der Waals surface area contributed by atoms with Gasteiger partial charge in [-0.2, -0.15) is 0 Å². The molecule has 3 aromatic rings. The fourth-order valence-corrected chi connectivity index (χ4v) is 3.20. The molecule has 1 fully saturated rings. The molecule has 26 heavy (non-hydrogen) atoms. The Balaban J connectivity index is 1.74. The number of hydrogen-bond acceptors (Lipinski definition) is 7. The number of rotatable bonds is 4. The molecule has 0 N–H and O–H groups in total. The van der Waals surface area contributed by atoms with Gasteiger partial charge in [-0.05, 0) is 19.1 Å². The van der Waals surface area contributed by atoms with E-state index in [1.54, 1.807) is 31.2 Å². The number of carbonyl (C=O) groups excluding carboxylic acids is 1. The Morgan fingerprint density at radius 3 is 2.85 bits per heavy atom. The summed E-state index contributed by atoms with van der Waals surface area (Å²) >= 11 is 0. The summed E-state index contributed by atoms with van der Waals surface area (Å²) in [5, 5.41) is 0.656. The Kier molecular flexibility index (Phi) is 4.34. The zero-order valence-corrected chi connectivity index (χ0v) is 14.8. The predicted octanol–water partition coefficient (Wildman–Crippen LogP) is 2.23.